The second kappa shape index (κ2) is 4.41. The fourth-order valence-corrected chi connectivity index (χ4v) is 1.73. The molecule has 0 unspecified atom stereocenters. The van der Waals surface area contributed by atoms with Crippen LogP contribution in [0.2, 0.25) is 0 Å². The van der Waals surface area contributed by atoms with Crippen LogP contribution in [-0.2, 0) is 0 Å². The van der Waals surface area contributed by atoms with Gasteiger partial charge in [0.15, 0.2) is 0 Å². The Bertz CT molecular complexity index is 531. The first-order valence-electron chi connectivity index (χ1n) is 5.46. The van der Waals surface area contributed by atoms with E-state index in [9.17, 15) is 4.79 Å². The van der Waals surface area contributed by atoms with Gasteiger partial charge in [-0.25, -0.2) is 4.79 Å². The predicted octanol–water partition coefficient (Wildman–Crippen LogP) is 2.60. The lowest BCUT2D eigenvalue weighted by atomic mass is 10.3. The molecule has 17 heavy (non-hydrogen) atoms. The van der Waals surface area contributed by atoms with Gasteiger partial charge in [-0.05, 0) is 32.0 Å². The molecule has 0 N–H and O–H groups in total. The van der Waals surface area contributed by atoms with Crippen LogP contribution in [0.1, 0.15) is 11.4 Å². The van der Waals surface area contributed by atoms with Crippen molar-refractivity contribution < 1.29 is 4.79 Å². The minimum Gasteiger partial charge on any atom is -0.296 e. The first-order chi connectivity index (χ1) is 8.09. The first kappa shape index (κ1) is 11.4. The molecule has 1 amide bonds. The van der Waals surface area contributed by atoms with Crippen molar-refractivity contribution in [1.29, 1.82) is 0 Å². The Hall–Kier alpha value is -2.10. The molecule has 0 fully saturated rings. The summed E-state index contributed by atoms with van der Waals surface area (Å²) < 4.78 is 1.42. The number of aromatic nitrogens is 2. The Balaban J connectivity index is 2.30. The molecule has 0 saturated carbocycles. The minimum absolute atomic E-state index is 0.151. The maximum Gasteiger partial charge on any atom is 0.349 e. The molecule has 4 nitrogen and oxygen atoms in total. The van der Waals surface area contributed by atoms with Crippen LogP contribution in [0, 0.1) is 13.8 Å². The van der Waals surface area contributed by atoms with Crippen molar-refractivity contribution in [2.75, 3.05) is 11.9 Å². The fourth-order valence-electron chi connectivity index (χ4n) is 1.73. The van der Waals surface area contributed by atoms with E-state index in [2.05, 4.69) is 5.10 Å². The Morgan fingerprint density at radius 2 is 1.88 bits per heavy atom. The average molecular weight is 229 g/mol. The van der Waals surface area contributed by atoms with E-state index >= 15 is 0 Å². The Morgan fingerprint density at radius 3 is 2.41 bits per heavy atom. The highest BCUT2D eigenvalue weighted by Gasteiger charge is 2.15. The van der Waals surface area contributed by atoms with Gasteiger partial charge in [0.05, 0.1) is 5.69 Å². The molecule has 0 saturated heterocycles. The van der Waals surface area contributed by atoms with E-state index in [-0.39, 0.29) is 6.03 Å². The molecule has 1 aromatic carbocycles. The summed E-state index contributed by atoms with van der Waals surface area (Å²) in [4.78, 5) is 13.8. The van der Waals surface area contributed by atoms with E-state index in [1.165, 1.54) is 4.68 Å². The van der Waals surface area contributed by atoms with Crippen LogP contribution in [0.5, 0.6) is 0 Å². The highest BCUT2D eigenvalue weighted by atomic mass is 16.2. The number of amides is 1. The van der Waals surface area contributed by atoms with Gasteiger partial charge in [-0.3, -0.25) is 4.90 Å². The lowest BCUT2D eigenvalue weighted by Gasteiger charge is -2.17. The van der Waals surface area contributed by atoms with Crippen molar-refractivity contribution in [3.8, 4) is 0 Å². The molecule has 0 aliphatic heterocycles. The number of benzene rings is 1. The molecular formula is C13H15N3O. The van der Waals surface area contributed by atoms with Crippen molar-refractivity contribution in [3.63, 3.8) is 0 Å². The molecule has 2 rings (SSSR count). The van der Waals surface area contributed by atoms with Crippen LogP contribution in [0.3, 0.4) is 0 Å². The van der Waals surface area contributed by atoms with E-state index in [1.807, 2.05) is 50.2 Å². The number of para-hydroxylation sites is 1. The monoisotopic (exact) mass is 229 g/mol. The molecule has 88 valence electrons. The zero-order chi connectivity index (χ0) is 12.4. The van der Waals surface area contributed by atoms with Crippen molar-refractivity contribution in [1.82, 2.24) is 9.78 Å². The van der Waals surface area contributed by atoms with Gasteiger partial charge in [0.25, 0.3) is 0 Å². The standard InChI is InChI=1S/C13H15N3O/c1-10-9-11(2)16(14-10)13(17)15(3)12-7-5-4-6-8-12/h4-9H,1-3H3. The third-order valence-corrected chi connectivity index (χ3v) is 2.62. The zero-order valence-corrected chi connectivity index (χ0v) is 10.2. The number of carbonyl (C=O) groups is 1. The van der Waals surface area contributed by atoms with E-state index in [0.717, 1.165) is 17.1 Å². The smallest absolute Gasteiger partial charge is 0.296 e. The lowest BCUT2D eigenvalue weighted by molar-refractivity contribution is 0.245. The van der Waals surface area contributed by atoms with Gasteiger partial charge >= 0.3 is 6.03 Å². The summed E-state index contributed by atoms with van der Waals surface area (Å²) in [7, 11) is 1.74. The van der Waals surface area contributed by atoms with Crippen LogP contribution < -0.4 is 4.90 Å². The van der Waals surface area contributed by atoms with Gasteiger partial charge in [0.2, 0.25) is 0 Å². The maximum atomic E-state index is 12.2. The second-order valence-electron chi connectivity index (χ2n) is 4.02. The van der Waals surface area contributed by atoms with Crippen molar-refractivity contribution >= 4 is 11.7 Å². The summed E-state index contributed by atoms with van der Waals surface area (Å²) in [6.45, 7) is 3.75. The number of nitrogens with zero attached hydrogens (tertiary/aromatic N) is 3. The summed E-state index contributed by atoms with van der Waals surface area (Å²) >= 11 is 0. The molecular weight excluding hydrogens is 214 g/mol. The van der Waals surface area contributed by atoms with E-state index in [4.69, 9.17) is 0 Å². The van der Waals surface area contributed by atoms with Gasteiger partial charge in [-0.2, -0.15) is 9.78 Å². The van der Waals surface area contributed by atoms with Gasteiger partial charge in [0.1, 0.15) is 0 Å². The minimum atomic E-state index is -0.151. The third kappa shape index (κ3) is 2.20. The van der Waals surface area contributed by atoms with Crippen LogP contribution in [0.25, 0.3) is 0 Å². The summed E-state index contributed by atoms with van der Waals surface area (Å²) in [6.07, 6.45) is 0. The highest BCUT2D eigenvalue weighted by molar-refractivity contribution is 5.92. The fraction of sp³-hybridized carbons (Fsp3) is 0.231. The summed E-state index contributed by atoms with van der Waals surface area (Å²) in [5, 5.41) is 4.18. The summed E-state index contributed by atoms with van der Waals surface area (Å²) in [6, 6.07) is 11.2. The lowest BCUT2D eigenvalue weighted by Crippen LogP contribution is -2.32. The normalized spacial score (nSPS) is 10.3. The number of hydrogen-bond donors (Lipinski definition) is 0. The van der Waals surface area contributed by atoms with Crippen molar-refractivity contribution in [2.45, 2.75) is 13.8 Å². The Kier molecular flexibility index (Phi) is 2.95. The van der Waals surface area contributed by atoms with Gasteiger partial charge in [0, 0.05) is 18.4 Å². The van der Waals surface area contributed by atoms with Crippen LogP contribution in [0.15, 0.2) is 36.4 Å². The van der Waals surface area contributed by atoms with E-state index < -0.39 is 0 Å². The van der Waals surface area contributed by atoms with E-state index in [0.29, 0.717) is 0 Å². The summed E-state index contributed by atoms with van der Waals surface area (Å²) in [5.74, 6) is 0. The molecule has 1 aromatic heterocycles. The highest BCUT2D eigenvalue weighted by Crippen LogP contribution is 2.13. The van der Waals surface area contributed by atoms with Crippen molar-refractivity contribution in [3.05, 3.63) is 47.8 Å². The molecule has 0 aliphatic rings. The topological polar surface area (TPSA) is 38.1 Å². The number of carbonyl (C=O) groups excluding carboxylic acids is 1. The molecule has 0 radical (unpaired) electrons. The van der Waals surface area contributed by atoms with Gasteiger partial charge in [-0.15, -0.1) is 0 Å². The quantitative estimate of drug-likeness (QED) is 0.753. The van der Waals surface area contributed by atoms with Crippen LogP contribution >= 0.6 is 0 Å². The number of anilines is 1. The Morgan fingerprint density at radius 1 is 1.24 bits per heavy atom. The van der Waals surface area contributed by atoms with Gasteiger partial charge < -0.3 is 0 Å². The van der Waals surface area contributed by atoms with Crippen LogP contribution in [-0.4, -0.2) is 22.9 Å². The zero-order valence-electron chi connectivity index (χ0n) is 10.2. The van der Waals surface area contributed by atoms with E-state index in [1.54, 1.807) is 11.9 Å². The molecule has 0 atom stereocenters. The number of aryl methyl sites for hydroxylation is 2. The molecule has 1 heterocycles. The SMILES string of the molecule is Cc1cc(C)n(C(=O)N(C)c2ccccc2)n1. The second-order valence-corrected chi connectivity index (χ2v) is 4.02. The average Bonchev–Trinajstić information content (AvgIpc) is 2.68. The molecule has 2 aromatic rings. The molecule has 4 heteroatoms. The summed E-state index contributed by atoms with van der Waals surface area (Å²) in [5.41, 5.74) is 2.54. The molecule has 0 spiro atoms. The molecule has 0 bridgehead atoms. The Labute approximate surface area is 100 Å². The third-order valence-electron chi connectivity index (χ3n) is 2.62. The largest absolute Gasteiger partial charge is 0.349 e. The first-order valence-corrected chi connectivity index (χ1v) is 5.46. The predicted molar refractivity (Wildman–Crippen MR) is 67.3 cm³/mol. The van der Waals surface area contributed by atoms with Crippen LogP contribution in [0.4, 0.5) is 10.5 Å². The molecule has 0 aliphatic carbocycles. The number of hydrogen-bond acceptors (Lipinski definition) is 2. The van der Waals surface area contributed by atoms with Gasteiger partial charge in [-0.1, -0.05) is 18.2 Å². The maximum absolute atomic E-state index is 12.2. The number of rotatable bonds is 1. The van der Waals surface area contributed by atoms with Crippen molar-refractivity contribution in [2.24, 2.45) is 0 Å².